The summed E-state index contributed by atoms with van der Waals surface area (Å²) in [7, 11) is 0. The molecule has 9 heteroatoms. The second-order valence-corrected chi connectivity index (χ2v) is 6.13. The predicted molar refractivity (Wildman–Crippen MR) is 78.6 cm³/mol. The van der Waals surface area contributed by atoms with E-state index in [1.54, 1.807) is 13.8 Å². The maximum atomic E-state index is 11.5. The molecule has 0 spiro atoms. The van der Waals surface area contributed by atoms with Crippen LogP contribution in [0.4, 0.5) is 0 Å². The number of rotatable bonds is 5. The Hall–Kier alpha value is -1.55. The van der Waals surface area contributed by atoms with Crippen LogP contribution in [0.25, 0.3) is 5.70 Å². The van der Waals surface area contributed by atoms with Crippen LogP contribution in [0.3, 0.4) is 0 Å². The molecule has 0 aromatic carbocycles. The van der Waals surface area contributed by atoms with Crippen LogP contribution in [0.5, 0.6) is 0 Å². The van der Waals surface area contributed by atoms with E-state index in [-0.39, 0.29) is 24.0 Å². The van der Waals surface area contributed by atoms with Crippen LogP contribution < -0.4 is 5.73 Å². The van der Waals surface area contributed by atoms with Crippen molar-refractivity contribution in [1.29, 1.82) is 0 Å². The lowest BCUT2D eigenvalue weighted by molar-refractivity contribution is -0.152. The number of carbonyl (C=O) groups excluding carboxylic acids is 1. The molecule has 1 saturated heterocycles. The van der Waals surface area contributed by atoms with E-state index in [0.717, 1.165) is 11.5 Å². The van der Waals surface area contributed by atoms with Gasteiger partial charge in [0.1, 0.15) is 36.0 Å². The molecule has 122 valence electrons. The van der Waals surface area contributed by atoms with Crippen LogP contribution in [-0.2, 0) is 14.3 Å². The fourth-order valence-electron chi connectivity index (χ4n) is 1.90. The van der Waals surface area contributed by atoms with Gasteiger partial charge in [0.2, 0.25) is 0 Å². The molecule has 1 aromatic rings. The molecule has 4 atom stereocenters. The number of carbonyl (C=O) groups is 1. The molecule has 1 aliphatic heterocycles. The van der Waals surface area contributed by atoms with Gasteiger partial charge in [-0.2, -0.15) is 4.37 Å². The number of hydrogen-bond acceptors (Lipinski definition) is 9. The normalized spacial score (nSPS) is 28.0. The van der Waals surface area contributed by atoms with E-state index in [1.165, 1.54) is 0 Å². The zero-order chi connectivity index (χ0) is 16.4. The number of nitrogens with zero attached hydrogens (tertiary/aromatic N) is 2. The lowest BCUT2D eigenvalue weighted by Crippen LogP contribution is -2.34. The van der Waals surface area contributed by atoms with Crippen LogP contribution in [0.15, 0.2) is 6.58 Å². The first-order chi connectivity index (χ1) is 10.3. The minimum absolute atomic E-state index is 0.138. The molecular weight excluding hydrogens is 310 g/mol. The second kappa shape index (κ2) is 6.69. The summed E-state index contributed by atoms with van der Waals surface area (Å²) in [6.45, 7) is 6.80. The van der Waals surface area contributed by atoms with Gasteiger partial charge in [0.05, 0.1) is 11.6 Å². The van der Waals surface area contributed by atoms with Gasteiger partial charge in [-0.25, -0.2) is 4.98 Å². The van der Waals surface area contributed by atoms with Gasteiger partial charge in [0, 0.05) is 0 Å². The lowest BCUT2D eigenvalue weighted by atomic mass is 10.1. The Bertz CT molecular complexity index is 562. The molecule has 4 N–H and O–H groups in total. The van der Waals surface area contributed by atoms with Gasteiger partial charge in [-0.3, -0.25) is 4.79 Å². The number of esters is 1. The fourth-order valence-corrected chi connectivity index (χ4v) is 2.67. The van der Waals surface area contributed by atoms with Crippen LogP contribution >= 0.6 is 11.5 Å². The average Bonchev–Trinajstić information content (AvgIpc) is 3.04. The van der Waals surface area contributed by atoms with E-state index < -0.39 is 30.4 Å². The Morgan fingerprint density at radius 1 is 1.50 bits per heavy atom. The molecule has 8 nitrogen and oxygen atoms in total. The van der Waals surface area contributed by atoms with E-state index >= 15 is 0 Å². The highest BCUT2D eigenvalue weighted by Crippen LogP contribution is 2.34. The number of nitrogens with two attached hydrogens (primary N) is 1. The third-order valence-electron chi connectivity index (χ3n) is 3.20. The van der Waals surface area contributed by atoms with Crippen molar-refractivity contribution in [3.05, 3.63) is 17.4 Å². The van der Waals surface area contributed by atoms with Gasteiger partial charge in [0.25, 0.3) is 0 Å². The highest BCUT2D eigenvalue weighted by Gasteiger charge is 2.45. The molecule has 2 heterocycles. The summed E-state index contributed by atoms with van der Waals surface area (Å²) in [6.07, 6.45) is -4.03. The highest BCUT2D eigenvalue weighted by atomic mass is 32.1. The SMILES string of the molecule is C=C(N)c1nsc([C@@H]2O[C@H](COC(=O)C(C)C)[C@@H](O)[C@H]2O)n1. The van der Waals surface area contributed by atoms with E-state index in [4.69, 9.17) is 15.2 Å². The monoisotopic (exact) mass is 329 g/mol. The Kier molecular flexibility index (Phi) is 5.12. The third-order valence-corrected chi connectivity index (χ3v) is 3.97. The zero-order valence-electron chi connectivity index (χ0n) is 12.3. The van der Waals surface area contributed by atoms with Gasteiger partial charge in [-0.05, 0) is 11.5 Å². The number of aliphatic hydroxyl groups excluding tert-OH is 2. The number of ether oxygens (including phenoxy) is 2. The molecule has 1 aliphatic rings. The molecule has 0 amide bonds. The smallest absolute Gasteiger partial charge is 0.308 e. The minimum atomic E-state index is -1.19. The summed E-state index contributed by atoms with van der Waals surface area (Å²) in [5.41, 5.74) is 5.71. The van der Waals surface area contributed by atoms with Crippen molar-refractivity contribution in [2.24, 2.45) is 11.7 Å². The topological polar surface area (TPSA) is 128 Å². The molecule has 22 heavy (non-hydrogen) atoms. The van der Waals surface area contributed by atoms with Crippen molar-refractivity contribution in [3.63, 3.8) is 0 Å². The van der Waals surface area contributed by atoms with E-state index in [2.05, 4.69) is 15.9 Å². The Labute approximate surface area is 131 Å². The zero-order valence-corrected chi connectivity index (χ0v) is 13.1. The Balaban J connectivity index is 2.03. The first kappa shape index (κ1) is 16.8. The summed E-state index contributed by atoms with van der Waals surface area (Å²) < 4.78 is 14.6. The van der Waals surface area contributed by atoms with Gasteiger partial charge in [-0.15, -0.1) is 0 Å². The fraction of sp³-hybridized carbons (Fsp3) is 0.615. The summed E-state index contributed by atoms with van der Waals surface area (Å²) in [6, 6.07) is 0. The maximum absolute atomic E-state index is 11.5. The van der Waals surface area contributed by atoms with Gasteiger partial charge in [-0.1, -0.05) is 20.4 Å². The van der Waals surface area contributed by atoms with E-state index in [1.807, 2.05) is 0 Å². The van der Waals surface area contributed by atoms with Crippen molar-refractivity contribution in [2.75, 3.05) is 6.61 Å². The Morgan fingerprint density at radius 2 is 2.18 bits per heavy atom. The first-order valence-electron chi connectivity index (χ1n) is 6.77. The van der Waals surface area contributed by atoms with Crippen molar-refractivity contribution in [3.8, 4) is 0 Å². The Morgan fingerprint density at radius 3 is 2.73 bits per heavy atom. The van der Waals surface area contributed by atoms with E-state index in [9.17, 15) is 15.0 Å². The van der Waals surface area contributed by atoms with Gasteiger partial charge >= 0.3 is 5.97 Å². The van der Waals surface area contributed by atoms with Crippen molar-refractivity contribution < 1.29 is 24.5 Å². The van der Waals surface area contributed by atoms with Crippen molar-refractivity contribution >= 4 is 23.2 Å². The number of aliphatic hydroxyl groups is 2. The van der Waals surface area contributed by atoms with Crippen LogP contribution in [0, 0.1) is 5.92 Å². The first-order valence-corrected chi connectivity index (χ1v) is 7.55. The van der Waals surface area contributed by atoms with E-state index in [0.29, 0.717) is 5.01 Å². The number of hydrogen-bond donors (Lipinski definition) is 3. The van der Waals surface area contributed by atoms with Crippen LogP contribution in [0.2, 0.25) is 0 Å². The second-order valence-electron chi connectivity index (χ2n) is 5.34. The largest absolute Gasteiger partial charge is 0.463 e. The summed E-state index contributed by atoms with van der Waals surface area (Å²) in [5, 5.41) is 20.5. The molecule has 2 rings (SSSR count). The van der Waals surface area contributed by atoms with Crippen LogP contribution in [0.1, 0.15) is 30.8 Å². The quantitative estimate of drug-likeness (QED) is 0.635. The minimum Gasteiger partial charge on any atom is -0.463 e. The molecule has 0 aliphatic carbocycles. The summed E-state index contributed by atoms with van der Waals surface area (Å²) in [4.78, 5) is 15.6. The molecule has 0 unspecified atom stereocenters. The predicted octanol–water partition coefficient (Wildman–Crippen LogP) is -0.172. The highest BCUT2D eigenvalue weighted by molar-refractivity contribution is 7.05. The molecule has 0 saturated carbocycles. The lowest BCUT2D eigenvalue weighted by Gasteiger charge is -2.15. The van der Waals surface area contributed by atoms with Crippen molar-refractivity contribution in [2.45, 2.75) is 38.3 Å². The molecule has 1 aromatic heterocycles. The maximum Gasteiger partial charge on any atom is 0.308 e. The number of aromatic nitrogens is 2. The third kappa shape index (κ3) is 3.43. The standard InChI is InChI=1S/C13H19N3O5S/c1-5(2)13(19)20-4-7-8(17)9(18)10(21-7)12-15-11(6(3)14)16-22-12/h5,7-10,17-18H,3-4,14H2,1-2H3/t7-,8-,9-,10-/m1/s1. The molecule has 0 radical (unpaired) electrons. The molecular formula is C13H19N3O5S. The average molecular weight is 329 g/mol. The van der Waals surface area contributed by atoms with Crippen molar-refractivity contribution in [1.82, 2.24) is 9.36 Å². The van der Waals surface area contributed by atoms with Gasteiger partial charge < -0.3 is 25.4 Å². The summed E-state index contributed by atoms with van der Waals surface area (Å²) in [5.74, 6) is -0.410. The summed E-state index contributed by atoms with van der Waals surface area (Å²) >= 11 is 1.01. The molecule has 0 bridgehead atoms. The van der Waals surface area contributed by atoms with Crippen LogP contribution in [-0.4, -0.2) is 50.5 Å². The van der Waals surface area contributed by atoms with Gasteiger partial charge in [0.15, 0.2) is 5.82 Å². The molecule has 1 fully saturated rings.